The number of hydrogen-bond acceptors (Lipinski definition) is 2. The van der Waals surface area contributed by atoms with E-state index in [1.807, 2.05) is 24.3 Å². The molecule has 0 aliphatic heterocycles. The van der Waals surface area contributed by atoms with Gasteiger partial charge in [0, 0.05) is 28.8 Å². The molecule has 0 aliphatic rings. The van der Waals surface area contributed by atoms with E-state index in [0.717, 1.165) is 16.6 Å². The second kappa shape index (κ2) is 4.61. The van der Waals surface area contributed by atoms with Gasteiger partial charge in [0.05, 0.1) is 11.8 Å². The SMILES string of the molecule is CC(=O)OC=Cc1cccc2c1[nH]c1ccccc12. The van der Waals surface area contributed by atoms with Gasteiger partial charge >= 0.3 is 5.97 Å². The standard InChI is InChI=1S/C16H13NO2/c1-11(18)19-10-9-12-5-4-7-14-13-6-2-3-8-15(13)17-16(12)14/h2-10,17H,1H3. The summed E-state index contributed by atoms with van der Waals surface area (Å²) in [6, 6.07) is 14.2. The molecular weight excluding hydrogens is 238 g/mol. The van der Waals surface area contributed by atoms with Gasteiger partial charge in [-0.15, -0.1) is 0 Å². The van der Waals surface area contributed by atoms with Gasteiger partial charge in [-0.05, 0) is 12.1 Å². The van der Waals surface area contributed by atoms with E-state index in [4.69, 9.17) is 4.74 Å². The largest absolute Gasteiger partial charge is 0.435 e. The van der Waals surface area contributed by atoms with Crippen LogP contribution in [-0.2, 0) is 9.53 Å². The molecule has 2 aromatic carbocycles. The molecule has 3 heteroatoms. The molecule has 0 bridgehead atoms. The summed E-state index contributed by atoms with van der Waals surface area (Å²) in [6.45, 7) is 1.38. The zero-order valence-electron chi connectivity index (χ0n) is 10.5. The lowest BCUT2D eigenvalue weighted by Crippen LogP contribution is -1.89. The van der Waals surface area contributed by atoms with Crippen LogP contribution >= 0.6 is 0 Å². The van der Waals surface area contributed by atoms with E-state index in [1.54, 1.807) is 6.08 Å². The maximum absolute atomic E-state index is 10.8. The van der Waals surface area contributed by atoms with E-state index in [-0.39, 0.29) is 5.97 Å². The van der Waals surface area contributed by atoms with Crippen LogP contribution in [0, 0.1) is 0 Å². The molecule has 1 heterocycles. The van der Waals surface area contributed by atoms with Crippen molar-refractivity contribution in [2.24, 2.45) is 0 Å². The molecule has 0 radical (unpaired) electrons. The predicted octanol–water partition coefficient (Wildman–Crippen LogP) is 3.85. The smallest absolute Gasteiger partial charge is 0.307 e. The van der Waals surface area contributed by atoms with Crippen molar-refractivity contribution in [3.8, 4) is 0 Å². The summed E-state index contributed by atoms with van der Waals surface area (Å²) in [4.78, 5) is 14.2. The van der Waals surface area contributed by atoms with Crippen molar-refractivity contribution in [1.82, 2.24) is 4.98 Å². The van der Waals surface area contributed by atoms with Crippen molar-refractivity contribution in [3.63, 3.8) is 0 Å². The number of rotatable bonds is 2. The predicted molar refractivity (Wildman–Crippen MR) is 76.6 cm³/mol. The summed E-state index contributed by atoms with van der Waals surface area (Å²) < 4.78 is 4.84. The second-order valence-electron chi connectivity index (χ2n) is 4.35. The molecule has 3 aromatic rings. The van der Waals surface area contributed by atoms with Gasteiger partial charge in [0.2, 0.25) is 0 Å². The number of benzene rings is 2. The Kier molecular flexibility index (Phi) is 2.80. The molecule has 0 saturated carbocycles. The minimum Gasteiger partial charge on any atom is -0.435 e. The van der Waals surface area contributed by atoms with Crippen LogP contribution in [0.4, 0.5) is 0 Å². The van der Waals surface area contributed by atoms with Gasteiger partial charge in [0.1, 0.15) is 0 Å². The molecule has 3 nitrogen and oxygen atoms in total. The first-order valence-electron chi connectivity index (χ1n) is 6.09. The third-order valence-electron chi connectivity index (χ3n) is 3.06. The summed E-state index contributed by atoms with van der Waals surface area (Å²) in [5, 5.41) is 2.36. The molecular formula is C16H13NO2. The van der Waals surface area contributed by atoms with Crippen LogP contribution in [0.3, 0.4) is 0 Å². The van der Waals surface area contributed by atoms with Gasteiger partial charge in [-0.1, -0.05) is 36.4 Å². The maximum Gasteiger partial charge on any atom is 0.307 e. The molecule has 0 unspecified atom stereocenters. The molecule has 1 N–H and O–H groups in total. The first-order valence-corrected chi connectivity index (χ1v) is 6.09. The van der Waals surface area contributed by atoms with E-state index < -0.39 is 0 Å². The fourth-order valence-electron chi connectivity index (χ4n) is 2.24. The lowest BCUT2D eigenvalue weighted by Gasteiger charge is -1.97. The Labute approximate surface area is 110 Å². The third kappa shape index (κ3) is 2.10. The van der Waals surface area contributed by atoms with Gasteiger partial charge in [-0.3, -0.25) is 4.79 Å². The molecule has 0 amide bonds. The minimum absolute atomic E-state index is 0.319. The highest BCUT2D eigenvalue weighted by atomic mass is 16.5. The van der Waals surface area contributed by atoms with Crippen LogP contribution in [0.15, 0.2) is 48.7 Å². The monoisotopic (exact) mass is 251 g/mol. The van der Waals surface area contributed by atoms with Crippen molar-refractivity contribution in [2.75, 3.05) is 0 Å². The number of fused-ring (bicyclic) bond motifs is 3. The van der Waals surface area contributed by atoms with Crippen molar-refractivity contribution < 1.29 is 9.53 Å². The normalized spacial score (nSPS) is 11.4. The summed E-state index contributed by atoms with van der Waals surface area (Å²) >= 11 is 0. The van der Waals surface area contributed by atoms with Gasteiger partial charge in [0.25, 0.3) is 0 Å². The van der Waals surface area contributed by atoms with Crippen LogP contribution in [-0.4, -0.2) is 11.0 Å². The van der Waals surface area contributed by atoms with Gasteiger partial charge < -0.3 is 9.72 Å². The fourth-order valence-corrected chi connectivity index (χ4v) is 2.24. The first-order chi connectivity index (χ1) is 9.25. The van der Waals surface area contributed by atoms with Gasteiger partial charge in [0.15, 0.2) is 0 Å². The van der Waals surface area contributed by atoms with E-state index in [1.165, 1.54) is 24.0 Å². The van der Waals surface area contributed by atoms with Crippen molar-refractivity contribution in [1.29, 1.82) is 0 Å². The molecule has 0 atom stereocenters. The van der Waals surface area contributed by atoms with Crippen LogP contribution in [0.2, 0.25) is 0 Å². The Morgan fingerprint density at radius 2 is 1.89 bits per heavy atom. The number of aromatic nitrogens is 1. The van der Waals surface area contributed by atoms with Crippen LogP contribution in [0.25, 0.3) is 27.9 Å². The maximum atomic E-state index is 10.8. The minimum atomic E-state index is -0.319. The number of carbonyl (C=O) groups is 1. The summed E-state index contributed by atoms with van der Waals surface area (Å²) in [6.07, 6.45) is 3.21. The van der Waals surface area contributed by atoms with Gasteiger partial charge in [-0.2, -0.15) is 0 Å². The van der Waals surface area contributed by atoms with Crippen LogP contribution < -0.4 is 0 Å². The number of esters is 1. The summed E-state index contributed by atoms with van der Waals surface area (Å²) in [5.74, 6) is -0.319. The average Bonchev–Trinajstić information content (AvgIpc) is 2.78. The number of H-pyrrole nitrogens is 1. The highest BCUT2D eigenvalue weighted by Crippen LogP contribution is 2.27. The Morgan fingerprint density at radius 1 is 1.11 bits per heavy atom. The summed E-state index contributed by atoms with van der Waals surface area (Å²) in [5.41, 5.74) is 3.15. The number of aromatic amines is 1. The van der Waals surface area contributed by atoms with Crippen molar-refractivity contribution in [3.05, 3.63) is 54.3 Å². The molecule has 0 spiro atoms. The van der Waals surface area contributed by atoms with Crippen LogP contribution in [0.1, 0.15) is 12.5 Å². The Balaban J connectivity index is 2.15. The topological polar surface area (TPSA) is 42.1 Å². The van der Waals surface area contributed by atoms with E-state index in [0.29, 0.717) is 0 Å². The molecule has 19 heavy (non-hydrogen) atoms. The van der Waals surface area contributed by atoms with E-state index >= 15 is 0 Å². The van der Waals surface area contributed by atoms with Crippen molar-refractivity contribution in [2.45, 2.75) is 6.92 Å². The number of nitrogens with one attached hydrogen (secondary N) is 1. The Morgan fingerprint density at radius 3 is 2.74 bits per heavy atom. The first kappa shape index (κ1) is 11.5. The lowest BCUT2D eigenvalue weighted by molar-refractivity contribution is -0.135. The molecule has 1 aromatic heterocycles. The van der Waals surface area contributed by atoms with Crippen LogP contribution in [0.5, 0.6) is 0 Å². The Hall–Kier alpha value is -2.55. The van der Waals surface area contributed by atoms with E-state index in [2.05, 4.69) is 23.2 Å². The average molecular weight is 251 g/mol. The second-order valence-corrected chi connectivity index (χ2v) is 4.35. The van der Waals surface area contributed by atoms with E-state index in [9.17, 15) is 4.79 Å². The fraction of sp³-hybridized carbons (Fsp3) is 0.0625. The number of carbonyl (C=O) groups excluding carboxylic acids is 1. The Bertz CT molecular complexity index is 784. The molecule has 94 valence electrons. The number of para-hydroxylation sites is 2. The number of hydrogen-bond donors (Lipinski definition) is 1. The zero-order valence-corrected chi connectivity index (χ0v) is 10.5. The lowest BCUT2D eigenvalue weighted by atomic mass is 10.1. The third-order valence-corrected chi connectivity index (χ3v) is 3.06. The summed E-state index contributed by atoms with van der Waals surface area (Å²) in [7, 11) is 0. The van der Waals surface area contributed by atoms with Crippen molar-refractivity contribution >= 4 is 33.9 Å². The highest BCUT2D eigenvalue weighted by Gasteiger charge is 2.05. The van der Waals surface area contributed by atoms with Gasteiger partial charge in [-0.25, -0.2) is 0 Å². The zero-order chi connectivity index (χ0) is 13.2. The molecule has 3 rings (SSSR count). The quantitative estimate of drug-likeness (QED) is 0.555. The molecule has 0 aliphatic carbocycles. The molecule has 0 fully saturated rings. The molecule has 0 saturated heterocycles. The highest BCUT2D eigenvalue weighted by molar-refractivity contribution is 6.09. The number of ether oxygens (including phenoxy) is 1.